The van der Waals surface area contributed by atoms with Gasteiger partial charge in [0.1, 0.15) is 5.82 Å². The summed E-state index contributed by atoms with van der Waals surface area (Å²) in [4.78, 5) is 4.83. The molecule has 0 aliphatic rings. The number of fused-ring (bicyclic) bond motifs is 6. The van der Waals surface area contributed by atoms with Crippen molar-refractivity contribution in [3.63, 3.8) is 0 Å². The van der Waals surface area contributed by atoms with Gasteiger partial charge in [0.15, 0.2) is 0 Å². The van der Waals surface area contributed by atoms with Crippen LogP contribution < -0.4 is 0 Å². The number of nitriles is 1. The van der Waals surface area contributed by atoms with Crippen LogP contribution >= 0.6 is 0 Å². The van der Waals surface area contributed by atoms with Gasteiger partial charge < -0.3 is 4.57 Å². The lowest BCUT2D eigenvalue weighted by molar-refractivity contribution is -0.138. The van der Waals surface area contributed by atoms with Crippen molar-refractivity contribution in [3.8, 4) is 28.7 Å². The smallest absolute Gasteiger partial charge is 0.307 e. The highest BCUT2D eigenvalue weighted by molar-refractivity contribution is 6.11. The maximum absolute atomic E-state index is 13.8. The number of hydrogen-bond acceptors (Lipinski definition) is 2. The van der Waals surface area contributed by atoms with Crippen LogP contribution in [-0.4, -0.2) is 14.1 Å². The molecule has 0 radical (unpaired) electrons. The van der Waals surface area contributed by atoms with Crippen LogP contribution in [0.25, 0.3) is 66.2 Å². The fourth-order valence-corrected chi connectivity index (χ4v) is 6.86. The van der Waals surface area contributed by atoms with E-state index in [2.05, 4.69) is 22.8 Å². The molecule has 5 aromatic carbocycles. The lowest BCUT2D eigenvalue weighted by Crippen LogP contribution is -2.05. The lowest BCUT2D eigenvalue weighted by Gasteiger charge is -2.17. The van der Waals surface area contributed by atoms with Gasteiger partial charge in [0.05, 0.1) is 56.7 Å². The summed E-state index contributed by atoms with van der Waals surface area (Å²) in [5, 5.41) is 11.9. The number of pyridine rings is 1. The Morgan fingerprint density at radius 2 is 1.08 bits per heavy atom. The summed E-state index contributed by atoms with van der Waals surface area (Å²) in [6.45, 7) is 4.04. The third kappa shape index (κ3) is 4.96. The molecule has 8 aromatic rings. The third-order valence-corrected chi connectivity index (χ3v) is 9.14. The van der Waals surface area contributed by atoms with Gasteiger partial charge in [-0.05, 0) is 98.3 Å². The Balaban J connectivity index is 1.47. The highest BCUT2D eigenvalue weighted by Gasteiger charge is 2.33. The van der Waals surface area contributed by atoms with Crippen LogP contribution in [0.4, 0.5) is 26.3 Å². The molecule has 0 bridgehead atoms. The standard InChI is InChI=1S/C40H24F6N4/c1-22-6-10-33-29(14-22)30-15-23(2)7-11-34(30)49(33)37-21-48-38(19-28(37)25-5-3-4-24(16-25)20-47)50-35-12-8-26(39(41,42)43)17-31(35)32-18-27(40(44,45)46)9-13-36(32)50/h3-19,21H,1-2H3. The topological polar surface area (TPSA) is 46.5 Å². The zero-order valence-electron chi connectivity index (χ0n) is 26.4. The number of rotatable bonds is 3. The predicted octanol–water partition coefficient (Wildman–Crippen LogP) is 11.5. The van der Waals surface area contributed by atoms with Gasteiger partial charge in [-0.1, -0.05) is 35.4 Å². The molecule has 0 N–H and O–H groups in total. The van der Waals surface area contributed by atoms with Crippen molar-refractivity contribution in [3.05, 3.63) is 137 Å². The monoisotopic (exact) mass is 674 g/mol. The van der Waals surface area contributed by atoms with Crippen molar-refractivity contribution in [2.75, 3.05) is 0 Å². The quantitative estimate of drug-likeness (QED) is 0.175. The Bertz CT molecular complexity index is 2590. The molecule has 8 rings (SSSR count). The van der Waals surface area contributed by atoms with E-state index in [1.54, 1.807) is 35.0 Å². The second-order valence-electron chi connectivity index (χ2n) is 12.4. The second kappa shape index (κ2) is 11.0. The number of alkyl halides is 6. The summed E-state index contributed by atoms with van der Waals surface area (Å²) in [7, 11) is 0. The molecular weight excluding hydrogens is 650 g/mol. The van der Waals surface area contributed by atoms with Crippen molar-refractivity contribution in [2.24, 2.45) is 0 Å². The zero-order valence-corrected chi connectivity index (χ0v) is 26.4. The van der Waals surface area contributed by atoms with E-state index in [9.17, 15) is 31.6 Å². The van der Waals surface area contributed by atoms with Crippen LogP contribution in [-0.2, 0) is 12.4 Å². The summed E-state index contributed by atoms with van der Waals surface area (Å²) in [6, 6.07) is 29.4. The first-order valence-electron chi connectivity index (χ1n) is 15.6. The Labute approximate surface area is 281 Å². The second-order valence-corrected chi connectivity index (χ2v) is 12.4. The van der Waals surface area contributed by atoms with Crippen LogP contribution in [0.15, 0.2) is 109 Å². The van der Waals surface area contributed by atoms with Gasteiger partial charge in [-0.2, -0.15) is 31.6 Å². The van der Waals surface area contributed by atoms with Crippen LogP contribution in [0, 0.1) is 25.2 Å². The molecule has 3 aromatic heterocycles. The van der Waals surface area contributed by atoms with E-state index >= 15 is 0 Å². The highest BCUT2D eigenvalue weighted by atomic mass is 19.4. The Morgan fingerprint density at radius 3 is 1.60 bits per heavy atom. The van der Waals surface area contributed by atoms with E-state index in [4.69, 9.17) is 4.98 Å². The molecule has 0 amide bonds. The molecule has 0 saturated carbocycles. The highest BCUT2D eigenvalue weighted by Crippen LogP contribution is 2.42. The molecule has 0 fully saturated rings. The van der Waals surface area contributed by atoms with Crippen molar-refractivity contribution in [2.45, 2.75) is 26.2 Å². The Kier molecular flexibility index (Phi) is 6.85. The predicted molar refractivity (Wildman–Crippen MR) is 183 cm³/mol. The molecule has 0 aliphatic heterocycles. The first kappa shape index (κ1) is 31.2. The van der Waals surface area contributed by atoms with Gasteiger partial charge in [0.25, 0.3) is 0 Å². The van der Waals surface area contributed by atoms with Gasteiger partial charge in [-0.15, -0.1) is 0 Å². The van der Waals surface area contributed by atoms with E-state index < -0.39 is 23.5 Å². The van der Waals surface area contributed by atoms with Gasteiger partial charge in [-0.3, -0.25) is 4.57 Å². The molecule has 246 valence electrons. The Hall–Kier alpha value is -6.08. The maximum Gasteiger partial charge on any atom is 0.416 e. The zero-order chi connectivity index (χ0) is 35.1. The van der Waals surface area contributed by atoms with Gasteiger partial charge >= 0.3 is 12.4 Å². The number of aromatic nitrogens is 3. The number of hydrogen-bond donors (Lipinski definition) is 0. The molecule has 4 nitrogen and oxygen atoms in total. The first-order chi connectivity index (χ1) is 23.8. The summed E-state index contributed by atoms with van der Waals surface area (Å²) in [5.74, 6) is 0.276. The van der Waals surface area contributed by atoms with E-state index in [0.29, 0.717) is 22.4 Å². The van der Waals surface area contributed by atoms with E-state index in [-0.39, 0.29) is 27.6 Å². The number of benzene rings is 5. The largest absolute Gasteiger partial charge is 0.416 e. The molecule has 0 aliphatic carbocycles. The van der Waals surface area contributed by atoms with Gasteiger partial charge in [0, 0.05) is 27.1 Å². The fourth-order valence-electron chi connectivity index (χ4n) is 6.86. The lowest BCUT2D eigenvalue weighted by atomic mass is 10.0. The first-order valence-corrected chi connectivity index (χ1v) is 15.6. The van der Waals surface area contributed by atoms with Crippen molar-refractivity contribution in [1.82, 2.24) is 14.1 Å². The van der Waals surface area contributed by atoms with Crippen LogP contribution in [0.5, 0.6) is 0 Å². The maximum atomic E-state index is 13.8. The number of nitrogens with zero attached hydrogens (tertiary/aromatic N) is 4. The molecular formula is C40H24F6N4. The third-order valence-electron chi connectivity index (χ3n) is 9.14. The molecule has 10 heteroatoms. The SMILES string of the molecule is Cc1ccc2c(c1)c1cc(C)ccc1n2-c1cnc(-n2c3ccc(C(F)(F)F)cc3c3cc(C(F)(F)F)ccc32)cc1-c1cccc(C#N)c1. The van der Waals surface area contributed by atoms with Gasteiger partial charge in [-0.25, -0.2) is 4.98 Å². The summed E-state index contributed by atoms with van der Waals surface area (Å²) in [5.41, 5.74) is 4.99. The Morgan fingerprint density at radius 1 is 0.580 bits per heavy atom. The average molecular weight is 675 g/mol. The molecule has 0 atom stereocenters. The normalized spacial score (nSPS) is 12.4. The molecule has 0 saturated heterocycles. The molecule has 0 spiro atoms. The summed E-state index contributed by atoms with van der Waals surface area (Å²) < 4.78 is 86.7. The minimum Gasteiger partial charge on any atom is -0.307 e. The molecule has 0 unspecified atom stereocenters. The minimum absolute atomic E-state index is 0.00738. The number of aryl methyl sites for hydroxylation is 2. The van der Waals surface area contributed by atoms with Crippen molar-refractivity contribution < 1.29 is 26.3 Å². The molecule has 3 heterocycles. The van der Waals surface area contributed by atoms with Crippen molar-refractivity contribution in [1.29, 1.82) is 5.26 Å². The summed E-state index contributed by atoms with van der Waals surface area (Å²) >= 11 is 0. The molecule has 50 heavy (non-hydrogen) atoms. The number of halogens is 6. The summed E-state index contributed by atoms with van der Waals surface area (Å²) in [6.07, 6.45) is -7.75. The van der Waals surface area contributed by atoms with E-state index in [1.807, 2.05) is 44.2 Å². The van der Waals surface area contributed by atoms with Crippen molar-refractivity contribution >= 4 is 43.6 Å². The van der Waals surface area contributed by atoms with Crippen LogP contribution in [0.3, 0.4) is 0 Å². The van der Waals surface area contributed by atoms with Crippen LogP contribution in [0.1, 0.15) is 27.8 Å². The minimum atomic E-state index is -4.71. The fraction of sp³-hybridized carbons (Fsp3) is 0.100. The van der Waals surface area contributed by atoms with E-state index in [0.717, 1.165) is 57.2 Å². The van der Waals surface area contributed by atoms with Gasteiger partial charge in [0.2, 0.25) is 0 Å². The van der Waals surface area contributed by atoms with Crippen LogP contribution in [0.2, 0.25) is 0 Å². The van der Waals surface area contributed by atoms with E-state index in [1.165, 1.54) is 12.1 Å². The average Bonchev–Trinajstić information content (AvgIpc) is 3.58.